The molecule has 0 aliphatic carbocycles. The lowest BCUT2D eigenvalue weighted by Gasteiger charge is -2.23. The molecule has 9 heteroatoms. The molecule has 1 aliphatic heterocycles. The number of halogens is 1. The average molecular weight is 446 g/mol. The first kappa shape index (κ1) is 22.6. The Morgan fingerprint density at radius 1 is 1.10 bits per heavy atom. The fourth-order valence-electron chi connectivity index (χ4n) is 3.24. The van der Waals surface area contributed by atoms with Gasteiger partial charge in [0.25, 0.3) is 5.91 Å². The molecule has 0 saturated carbocycles. The molecule has 1 saturated heterocycles. The highest BCUT2D eigenvalue weighted by molar-refractivity contribution is 6.35. The number of amides is 3. The summed E-state index contributed by atoms with van der Waals surface area (Å²) < 4.78 is 10.8. The van der Waals surface area contributed by atoms with Gasteiger partial charge in [0.05, 0.1) is 20.3 Å². The summed E-state index contributed by atoms with van der Waals surface area (Å²) in [5, 5.41) is 5.64. The number of nitrogens with one attached hydrogen (secondary N) is 2. The molecule has 2 aromatic rings. The Balaban J connectivity index is 1.46. The maximum Gasteiger partial charge on any atom is 0.309 e. The van der Waals surface area contributed by atoms with Crippen LogP contribution < -0.4 is 15.4 Å². The van der Waals surface area contributed by atoms with Crippen LogP contribution in [0, 0.1) is 0 Å². The number of carbonyl (C=O) groups excluding carboxylic acids is 3. The van der Waals surface area contributed by atoms with Crippen molar-refractivity contribution in [1.29, 1.82) is 0 Å². The molecular formula is C22H24ClN3O5. The minimum atomic E-state index is -0.783. The van der Waals surface area contributed by atoms with E-state index in [1.807, 2.05) is 24.3 Å². The van der Waals surface area contributed by atoms with E-state index in [1.54, 1.807) is 31.4 Å². The summed E-state index contributed by atoms with van der Waals surface area (Å²) in [6.07, 6.45) is -0.119. The maximum atomic E-state index is 12.7. The van der Waals surface area contributed by atoms with Gasteiger partial charge in [-0.15, -0.1) is 0 Å². The van der Waals surface area contributed by atoms with Gasteiger partial charge in [-0.3, -0.25) is 14.4 Å². The summed E-state index contributed by atoms with van der Waals surface area (Å²) >= 11 is 5.86. The fourth-order valence-corrected chi connectivity index (χ4v) is 3.37. The zero-order valence-corrected chi connectivity index (χ0v) is 17.9. The Kier molecular flexibility index (Phi) is 7.86. The van der Waals surface area contributed by atoms with E-state index in [1.165, 1.54) is 4.90 Å². The van der Waals surface area contributed by atoms with Crippen molar-refractivity contribution in [1.82, 2.24) is 15.5 Å². The molecule has 164 valence electrons. The molecular weight excluding hydrogens is 422 g/mol. The fraction of sp³-hybridized carbons (Fsp3) is 0.318. The van der Waals surface area contributed by atoms with Crippen LogP contribution in [0.2, 0.25) is 5.02 Å². The number of para-hydroxylation sites is 1. The maximum absolute atomic E-state index is 12.7. The molecule has 1 aliphatic rings. The zero-order valence-electron chi connectivity index (χ0n) is 17.1. The van der Waals surface area contributed by atoms with Crippen molar-refractivity contribution in [3.8, 4) is 5.75 Å². The number of ether oxygens (including phenoxy) is 2. The van der Waals surface area contributed by atoms with Crippen LogP contribution in [0.5, 0.6) is 5.75 Å². The first-order valence-electron chi connectivity index (χ1n) is 9.85. The molecule has 3 rings (SSSR count). The van der Waals surface area contributed by atoms with Gasteiger partial charge >= 0.3 is 11.8 Å². The standard InChI is InChI=1S/C22H24ClN3O5/c1-30-18-5-3-2-4-15(18)10-11-24-20(27)21(28)25-14-19-26(12-13-31-19)22(29)16-6-8-17(23)9-7-16/h2-9,19H,10-14H2,1H3,(H,24,27)(H,25,28)/t19-/m0/s1. The van der Waals surface area contributed by atoms with Crippen molar-refractivity contribution in [2.45, 2.75) is 12.6 Å². The van der Waals surface area contributed by atoms with Crippen LogP contribution >= 0.6 is 11.6 Å². The lowest BCUT2D eigenvalue weighted by molar-refractivity contribution is -0.139. The molecule has 2 aromatic carbocycles. The smallest absolute Gasteiger partial charge is 0.309 e. The molecule has 1 heterocycles. The highest BCUT2D eigenvalue weighted by atomic mass is 35.5. The molecule has 1 atom stereocenters. The predicted molar refractivity (Wildman–Crippen MR) is 115 cm³/mol. The summed E-state index contributed by atoms with van der Waals surface area (Å²) in [5.74, 6) is -1.03. The summed E-state index contributed by atoms with van der Waals surface area (Å²) in [5.41, 5.74) is 1.40. The lowest BCUT2D eigenvalue weighted by Crippen LogP contribution is -2.47. The van der Waals surface area contributed by atoms with Crippen molar-refractivity contribution >= 4 is 29.3 Å². The van der Waals surface area contributed by atoms with Crippen LogP contribution in [0.15, 0.2) is 48.5 Å². The second kappa shape index (κ2) is 10.8. The van der Waals surface area contributed by atoms with Crippen LogP contribution in [0.4, 0.5) is 0 Å². The van der Waals surface area contributed by atoms with Gasteiger partial charge < -0.3 is 25.0 Å². The minimum Gasteiger partial charge on any atom is -0.496 e. The SMILES string of the molecule is COc1ccccc1CCNC(=O)C(=O)NC[C@@H]1OCCN1C(=O)c1ccc(Cl)cc1. The van der Waals surface area contributed by atoms with Crippen molar-refractivity contribution < 1.29 is 23.9 Å². The van der Waals surface area contributed by atoms with E-state index >= 15 is 0 Å². The molecule has 0 aromatic heterocycles. The number of rotatable bonds is 7. The average Bonchev–Trinajstić information content (AvgIpc) is 3.26. The monoisotopic (exact) mass is 445 g/mol. The molecule has 2 N–H and O–H groups in total. The molecule has 0 radical (unpaired) electrons. The van der Waals surface area contributed by atoms with Crippen molar-refractivity contribution in [2.75, 3.05) is 33.4 Å². The first-order valence-corrected chi connectivity index (χ1v) is 10.2. The zero-order chi connectivity index (χ0) is 22.2. The van der Waals surface area contributed by atoms with Gasteiger partial charge in [0.1, 0.15) is 12.0 Å². The summed E-state index contributed by atoms with van der Waals surface area (Å²) in [6.45, 7) is 1.05. The highest BCUT2D eigenvalue weighted by Gasteiger charge is 2.31. The third-order valence-electron chi connectivity index (χ3n) is 4.86. The van der Waals surface area contributed by atoms with Crippen LogP contribution in [0.1, 0.15) is 15.9 Å². The van der Waals surface area contributed by atoms with Gasteiger partial charge in [-0.05, 0) is 42.3 Å². The van der Waals surface area contributed by atoms with E-state index in [-0.39, 0.29) is 19.0 Å². The Bertz CT molecular complexity index is 935. The normalized spacial score (nSPS) is 15.4. The number of nitrogens with zero attached hydrogens (tertiary/aromatic N) is 1. The lowest BCUT2D eigenvalue weighted by atomic mass is 10.1. The van der Waals surface area contributed by atoms with Crippen molar-refractivity contribution in [3.05, 3.63) is 64.7 Å². The Labute approximate surface area is 185 Å². The van der Waals surface area contributed by atoms with E-state index in [4.69, 9.17) is 21.1 Å². The molecule has 0 spiro atoms. The predicted octanol–water partition coefficient (Wildman–Crippen LogP) is 1.62. The molecule has 8 nitrogen and oxygen atoms in total. The van der Waals surface area contributed by atoms with Crippen LogP contribution in [-0.4, -0.2) is 62.2 Å². The van der Waals surface area contributed by atoms with Gasteiger partial charge in [0.15, 0.2) is 0 Å². The molecule has 0 bridgehead atoms. The van der Waals surface area contributed by atoms with Gasteiger partial charge in [-0.2, -0.15) is 0 Å². The minimum absolute atomic E-state index is 0.0120. The number of benzene rings is 2. The van der Waals surface area contributed by atoms with E-state index in [0.717, 1.165) is 11.3 Å². The second-order valence-corrected chi connectivity index (χ2v) is 7.30. The molecule has 3 amide bonds. The van der Waals surface area contributed by atoms with Crippen molar-refractivity contribution in [2.24, 2.45) is 0 Å². The third kappa shape index (κ3) is 5.96. The Hall–Kier alpha value is -3.10. The summed E-state index contributed by atoms with van der Waals surface area (Å²) in [4.78, 5) is 38.4. The largest absolute Gasteiger partial charge is 0.496 e. The van der Waals surface area contributed by atoms with E-state index in [0.29, 0.717) is 30.2 Å². The van der Waals surface area contributed by atoms with Gasteiger partial charge in [0, 0.05) is 23.7 Å². The van der Waals surface area contributed by atoms with Gasteiger partial charge in [-0.1, -0.05) is 29.8 Å². The van der Waals surface area contributed by atoms with Crippen LogP contribution in [0.25, 0.3) is 0 Å². The van der Waals surface area contributed by atoms with Crippen LogP contribution in [0.3, 0.4) is 0 Å². The summed E-state index contributed by atoms with van der Waals surface area (Å²) in [7, 11) is 1.58. The number of hydrogen-bond donors (Lipinski definition) is 2. The number of hydrogen-bond acceptors (Lipinski definition) is 5. The van der Waals surface area contributed by atoms with Gasteiger partial charge in [-0.25, -0.2) is 0 Å². The molecule has 31 heavy (non-hydrogen) atoms. The molecule has 0 unspecified atom stereocenters. The highest BCUT2D eigenvalue weighted by Crippen LogP contribution is 2.18. The molecule has 1 fully saturated rings. The quantitative estimate of drug-likeness (QED) is 0.631. The van der Waals surface area contributed by atoms with E-state index in [9.17, 15) is 14.4 Å². The topological polar surface area (TPSA) is 97.0 Å². The second-order valence-electron chi connectivity index (χ2n) is 6.86. The number of carbonyl (C=O) groups is 3. The summed E-state index contributed by atoms with van der Waals surface area (Å²) in [6, 6.07) is 14.0. The van der Waals surface area contributed by atoms with Crippen molar-refractivity contribution in [3.63, 3.8) is 0 Å². The van der Waals surface area contributed by atoms with Gasteiger partial charge in [0.2, 0.25) is 0 Å². The first-order chi connectivity index (χ1) is 15.0. The van der Waals surface area contributed by atoms with E-state index < -0.39 is 18.0 Å². The Morgan fingerprint density at radius 2 is 1.81 bits per heavy atom. The Morgan fingerprint density at radius 3 is 2.55 bits per heavy atom. The number of methoxy groups -OCH3 is 1. The van der Waals surface area contributed by atoms with E-state index in [2.05, 4.69) is 10.6 Å². The third-order valence-corrected chi connectivity index (χ3v) is 5.11. The van der Waals surface area contributed by atoms with Crippen LogP contribution in [-0.2, 0) is 20.7 Å².